The summed E-state index contributed by atoms with van der Waals surface area (Å²) in [5, 5.41) is 8.24. The monoisotopic (exact) mass is 567 g/mol. The van der Waals surface area contributed by atoms with E-state index in [0.29, 0.717) is 35.2 Å². The Morgan fingerprint density at radius 3 is 2.64 bits per heavy atom. The maximum absolute atomic E-state index is 12.6. The van der Waals surface area contributed by atoms with Crippen LogP contribution in [0.1, 0.15) is 55.3 Å². The molecule has 2 atom stereocenters. The molecule has 1 aliphatic carbocycles. The van der Waals surface area contributed by atoms with Crippen LogP contribution in [-0.4, -0.2) is 40.7 Å². The third-order valence-corrected chi connectivity index (χ3v) is 8.35. The van der Waals surface area contributed by atoms with Crippen LogP contribution in [0.15, 0.2) is 48.7 Å². The molecule has 0 spiro atoms. The van der Waals surface area contributed by atoms with Gasteiger partial charge in [-0.3, -0.25) is 4.79 Å². The third-order valence-electron chi connectivity index (χ3n) is 7.64. The molecular weight excluding hydrogens is 533 g/mol. The van der Waals surface area contributed by atoms with Crippen molar-refractivity contribution in [3.8, 4) is 11.3 Å². The number of benzene rings is 2. The fraction of sp³-hybridized carbons (Fsp3) is 0.433. The largest absolute Gasteiger partial charge is 0.461 e. The lowest BCUT2D eigenvalue weighted by Gasteiger charge is -2.30. The van der Waals surface area contributed by atoms with Crippen molar-refractivity contribution in [2.45, 2.75) is 76.1 Å². The lowest BCUT2D eigenvalue weighted by atomic mass is 9.99. The molecule has 0 amide bonds. The summed E-state index contributed by atoms with van der Waals surface area (Å²) in [6.45, 7) is 1.49. The SMILES string of the molecule is Nc1ncc(-c2cccc(CNC3CCNC(C(=O)OC4CCCC4)C3)c2)nc1CCc1c(Cl)cccc1Cl. The molecule has 2 unspecified atom stereocenters. The first-order chi connectivity index (χ1) is 19.0. The fourth-order valence-electron chi connectivity index (χ4n) is 5.41. The zero-order valence-electron chi connectivity index (χ0n) is 22.0. The maximum Gasteiger partial charge on any atom is 0.323 e. The Kier molecular flexibility index (Phi) is 9.35. The Morgan fingerprint density at radius 2 is 1.85 bits per heavy atom. The van der Waals surface area contributed by atoms with Crippen molar-refractivity contribution >= 4 is 35.0 Å². The molecule has 1 aromatic heterocycles. The summed E-state index contributed by atoms with van der Waals surface area (Å²) < 4.78 is 5.73. The molecule has 2 heterocycles. The van der Waals surface area contributed by atoms with Crippen molar-refractivity contribution in [2.24, 2.45) is 0 Å². The second-order valence-corrected chi connectivity index (χ2v) is 11.3. The highest BCUT2D eigenvalue weighted by Crippen LogP contribution is 2.27. The van der Waals surface area contributed by atoms with Crippen molar-refractivity contribution in [3.63, 3.8) is 0 Å². The zero-order chi connectivity index (χ0) is 27.2. The highest BCUT2D eigenvalue weighted by atomic mass is 35.5. The van der Waals surface area contributed by atoms with Gasteiger partial charge < -0.3 is 21.1 Å². The van der Waals surface area contributed by atoms with Crippen LogP contribution >= 0.6 is 23.2 Å². The van der Waals surface area contributed by atoms with E-state index in [9.17, 15) is 4.79 Å². The Hall–Kier alpha value is -2.71. The van der Waals surface area contributed by atoms with Crippen molar-refractivity contribution in [1.82, 2.24) is 20.6 Å². The smallest absolute Gasteiger partial charge is 0.323 e. The van der Waals surface area contributed by atoms with Crippen LogP contribution in [0, 0.1) is 0 Å². The number of hydrogen-bond donors (Lipinski definition) is 3. The number of carbonyl (C=O) groups is 1. The number of anilines is 1. The summed E-state index contributed by atoms with van der Waals surface area (Å²) in [5.41, 5.74) is 10.6. The number of nitrogens with two attached hydrogens (primary N) is 1. The highest BCUT2D eigenvalue weighted by molar-refractivity contribution is 6.36. The summed E-state index contributed by atoms with van der Waals surface area (Å²) >= 11 is 12.7. The van der Waals surface area contributed by atoms with Crippen LogP contribution < -0.4 is 16.4 Å². The summed E-state index contributed by atoms with van der Waals surface area (Å²) in [6, 6.07) is 13.8. The van der Waals surface area contributed by atoms with Crippen LogP contribution in [0.3, 0.4) is 0 Å². The number of hydrogen-bond acceptors (Lipinski definition) is 7. The van der Waals surface area contributed by atoms with Gasteiger partial charge in [-0.2, -0.15) is 0 Å². The second kappa shape index (κ2) is 13.1. The van der Waals surface area contributed by atoms with Crippen molar-refractivity contribution in [2.75, 3.05) is 12.3 Å². The molecule has 1 saturated heterocycles. The van der Waals surface area contributed by atoms with Gasteiger partial charge in [-0.15, -0.1) is 0 Å². The molecule has 0 radical (unpaired) electrons. The van der Waals surface area contributed by atoms with Gasteiger partial charge in [0.25, 0.3) is 0 Å². The van der Waals surface area contributed by atoms with Gasteiger partial charge in [0.15, 0.2) is 0 Å². The molecule has 0 bridgehead atoms. The molecule has 1 aliphatic heterocycles. The third kappa shape index (κ3) is 7.28. The first-order valence-corrected chi connectivity index (χ1v) is 14.5. The molecule has 9 heteroatoms. The number of nitrogens with zero attached hydrogens (tertiary/aromatic N) is 2. The van der Waals surface area contributed by atoms with Crippen LogP contribution in [-0.2, 0) is 28.9 Å². The lowest BCUT2D eigenvalue weighted by molar-refractivity contribution is -0.152. The number of ether oxygens (including phenoxy) is 1. The molecule has 206 valence electrons. The number of aryl methyl sites for hydroxylation is 1. The quantitative estimate of drug-likeness (QED) is 0.293. The number of nitrogens with one attached hydrogen (secondary N) is 2. The first-order valence-electron chi connectivity index (χ1n) is 13.8. The van der Waals surface area contributed by atoms with Crippen molar-refractivity contribution in [3.05, 3.63) is 75.5 Å². The van der Waals surface area contributed by atoms with Crippen molar-refractivity contribution in [1.29, 1.82) is 0 Å². The minimum absolute atomic E-state index is 0.0984. The summed E-state index contributed by atoms with van der Waals surface area (Å²) in [5.74, 6) is 0.302. The molecular formula is C30H35Cl2N5O2. The molecule has 4 N–H and O–H groups in total. The predicted octanol–water partition coefficient (Wildman–Crippen LogP) is 5.51. The van der Waals surface area contributed by atoms with E-state index in [1.807, 2.05) is 30.3 Å². The van der Waals surface area contributed by atoms with Gasteiger partial charge in [0.2, 0.25) is 0 Å². The Bertz CT molecular complexity index is 1280. The molecule has 39 heavy (non-hydrogen) atoms. The number of nitrogen functional groups attached to an aromatic ring is 1. The summed E-state index contributed by atoms with van der Waals surface area (Å²) in [7, 11) is 0. The Morgan fingerprint density at radius 1 is 1.08 bits per heavy atom. The number of rotatable bonds is 9. The Balaban J connectivity index is 1.19. The molecule has 7 nitrogen and oxygen atoms in total. The number of aromatic nitrogens is 2. The van der Waals surface area contributed by atoms with Gasteiger partial charge in [-0.1, -0.05) is 47.5 Å². The molecule has 1 saturated carbocycles. The van der Waals surface area contributed by atoms with Crippen LogP contribution in [0.25, 0.3) is 11.3 Å². The van der Waals surface area contributed by atoms with Gasteiger partial charge >= 0.3 is 5.97 Å². The van der Waals surface area contributed by atoms with E-state index < -0.39 is 0 Å². The normalized spacial score (nSPS) is 19.7. The highest BCUT2D eigenvalue weighted by Gasteiger charge is 2.30. The second-order valence-electron chi connectivity index (χ2n) is 10.4. The number of halogens is 2. The Labute approximate surface area is 239 Å². The number of esters is 1. The van der Waals surface area contributed by atoms with E-state index in [1.165, 1.54) is 0 Å². The van der Waals surface area contributed by atoms with Gasteiger partial charge in [-0.25, -0.2) is 9.97 Å². The lowest BCUT2D eigenvalue weighted by Crippen LogP contribution is -2.50. The van der Waals surface area contributed by atoms with E-state index in [0.717, 1.165) is 73.1 Å². The minimum atomic E-state index is -0.243. The molecule has 2 aromatic carbocycles. The van der Waals surface area contributed by atoms with Crippen LogP contribution in [0.4, 0.5) is 5.82 Å². The van der Waals surface area contributed by atoms with E-state index in [4.69, 9.17) is 38.7 Å². The number of piperidine rings is 1. The average Bonchev–Trinajstić information content (AvgIpc) is 3.46. The van der Waals surface area contributed by atoms with Crippen LogP contribution in [0.5, 0.6) is 0 Å². The standard InChI is InChI=1S/C30H35Cl2N5O2/c31-24-9-4-10-25(32)23(24)11-12-26-29(33)36-18-28(37-26)20-6-3-5-19(15-20)17-35-21-13-14-34-27(16-21)30(38)39-22-7-1-2-8-22/h3-6,9-10,15,18,21-22,27,34-35H,1-2,7-8,11-14,16-17H2,(H2,33,36). The van der Waals surface area contributed by atoms with Gasteiger partial charge in [0.05, 0.1) is 17.6 Å². The average molecular weight is 569 g/mol. The van der Waals surface area contributed by atoms with Gasteiger partial charge in [-0.05, 0) is 87.2 Å². The van der Waals surface area contributed by atoms with Gasteiger partial charge in [0, 0.05) is 28.2 Å². The fourth-order valence-corrected chi connectivity index (χ4v) is 6.00. The van der Waals surface area contributed by atoms with Crippen molar-refractivity contribution < 1.29 is 9.53 Å². The van der Waals surface area contributed by atoms with E-state index >= 15 is 0 Å². The molecule has 2 aliphatic rings. The zero-order valence-corrected chi connectivity index (χ0v) is 23.5. The predicted molar refractivity (Wildman–Crippen MR) is 156 cm³/mol. The van der Waals surface area contributed by atoms with E-state index in [2.05, 4.69) is 27.8 Å². The minimum Gasteiger partial charge on any atom is -0.461 e. The number of carbonyl (C=O) groups excluding carboxylic acids is 1. The molecule has 5 rings (SSSR count). The summed E-state index contributed by atoms with van der Waals surface area (Å²) in [6.07, 6.45) is 9.00. The van der Waals surface area contributed by atoms with E-state index in [1.54, 1.807) is 6.20 Å². The topological polar surface area (TPSA) is 102 Å². The molecule has 3 aromatic rings. The maximum atomic E-state index is 12.6. The van der Waals surface area contributed by atoms with Crippen LogP contribution in [0.2, 0.25) is 10.0 Å². The van der Waals surface area contributed by atoms with Gasteiger partial charge in [0.1, 0.15) is 18.0 Å². The summed E-state index contributed by atoms with van der Waals surface area (Å²) in [4.78, 5) is 21.9. The first kappa shape index (κ1) is 27.8. The van der Waals surface area contributed by atoms with E-state index in [-0.39, 0.29) is 24.2 Å². The molecule has 2 fully saturated rings.